The summed E-state index contributed by atoms with van der Waals surface area (Å²) in [6.45, 7) is 3.50. The summed E-state index contributed by atoms with van der Waals surface area (Å²) in [5.74, 6) is -2.86. The molecule has 1 amide bonds. The molecular weight excluding hydrogens is 416 g/mol. The predicted octanol–water partition coefficient (Wildman–Crippen LogP) is 4.26. The van der Waals surface area contributed by atoms with Gasteiger partial charge in [0.25, 0.3) is 5.91 Å². The number of nitrogens with one attached hydrogen (secondary N) is 1. The first kappa shape index (κ1) is 21.0. The highest BCUT2D eigenvalue weighted by atomic mass is 35.5. The molecule has 0 aliphatic heterocycles. The van der Waals surface area contributed by atoms with E-state index >= 15 is 0 Å². The predicted molar refractivity (Wildman–Crippen MR) is 108 cm³/mol. The van der Waals surface area contributed by atoms with Crippen molar-refractivity contribution in [2.24, 2.45) is 4.99 Å². The molecule has 0 unspecified atom stereocenters. The van der Waals surface area contributed by atoms with Crippen LogP contribution >= 0.6 is 11.6 Å². The van der Waals surface area contributed by atoms with E-state index in [-0.39, 0.29) is 5.82 Å². The molecule has 0 aliphatic carbocycles. The van der Waals surface area contributed by atoms with Crippen molar-refractivity contribution in [3.63, 3.8) is 0 Å². The van der Waals surface area contributed by atoms with Gasteiger partial charge >= 0.3 is 0 Å². The highest BCUT2D eigenvalue weighted by molar-refractivity contribution is 6.33. The fourth-order valence-corrected chi connectivity index (χ4v) is 2.74. The lowest BCUT2D eigenvalue weighted by molar-refractivity contribution is 0.101. The van der Waals surface area contributed by atoms with Crippen LogP contribution in [-0.2, 0) is 4.74 Å². The number of hydrogen-bond donors (Lipinski definition) is 1. The van der Waals surface area contributed by atoms with Crippen LogP contribution in [0.15, 0.2) is 60.8 Å². The molecule has 0 aliphatic rings. The molecule has 3 aromatic rings. The largest absolute Gasteiger partial charge is 0.447 e. The van der Waals surface area contributed by atoms with Crippen molar-refractivity contribution in [3.8, 4) is 11.3 Å². The summed E-state index contributed by atoms with van der Waals surface area (Å²) in [5.41, 5.74) is 0.814. The van der Waals surface area contributed by atoms with E-state index in [0.717, 1.165) is 12.4 Å². The Labute approximate surface area is 175 Å². The summed E-state index contributed by atoms with van der Waals surface area (Å²) in [4.78, 5) is 27.8. The fourth-order valence-electron chi connectivity index (χ4n) is 2.52. The third-order valence-corrected chi connectivity index (χ3v) is 4.19. The lowest BCUT2D eigenvalue weighted by Gasteiger charge is -2.10. The van der Waals surface area contributed by atoms with E-state index in [4.69, 9.17) is 16.3 Å². The van der Waals surface area contributed by atoms with E-state index in [2.05, 4.69) is 31.8 Å². The topological polar surface area (TPSA) is 89.4 Å². The van der Waals surface area contributed by atoms with Gasteiger partial charge in [0.05, 0.1) is 41.8 Å². The van der Waals surface area contributed by atoms with Crippen LogP contribution in [0.5, 0.6) is 0 Å². The lowest BCUT2D eigenvalue weighted by Crippen LogP contribution is -2.17. The van der Waals surface area contributed by atoms with Crippen molar-refractivity contribution in [2.75, 3.05) is 12.4 Å². The molecule has 2 aromatic heterocycles. The number of aliphatic imine (C=N–C) groups is 1. The average Bonchev–Trinajstić information content (AvgIpc) is 2.73. The number of carbonyl (C=O) groups is 1. The van der Waals surface area contributed by atoms with Crippen LogP contribution in [0.2, 0.25) is 5.02 Å². The molecule has 0 spiro atoms. The number of aromatic nitrogens is 3. The maximum Gasteiger partial charge on any atom is 0.262 e. The smallest absolute Gasteiger partial charge is 0.262 e. The molecule has 0 saturated carbocycles. The molecule has 0 atom stereocenters. The number of pyridine rings is 1. The Morgan fingerprint density at radius 2 is 1.93 bits per heavy atom. The van der Waals surface area contributed by atoms with Crippen LogP contribution in [0.3, 0.4) is 0 Å². The Morgan fingerprint density at radius 3 is 2.53 bits per heavy atom. The standard InChI is InChI=1S/C20H14ClF2N5O2/c1-3-30-20(24-2)11-4-5-13(21)12(6-11)16-9-27-17(10-26-16)28-19(29)18-14(22)7-25-8-15(18)23/h3-10H,1H2,2H3,(H,27,28,29). The van der Waals surface area contributed by atoms with Crippen molar-refractivity contribution in [2.45, 2.75) is 0 Å². The molecule has 0 radical (unpaired) electrons. The summed E-state index contributed by atoms with van der Waals surface area (Å²) >= 11 is 6.27. The van der Waals surface area contributed by atoms with Crippen LogP contribution in [0.25, 0.3) is 11.3 Å². The van der Waals surface area contributed by atoms with E-state index in [1.165, 1.54) is 18.7 Å². The van der Waals surface area contributed by atoms with Gasteiger partial charge < -0.3 is 10.1 Å². The SMILES string of the molecule is C=COC(=NC)c1ccc(Cl)c(-c2cnc(NC(=O)c3c(F)cncc3F)cn2)c1. The Hall–Kier alpha value is -3.72. The second kappa shape index (κ2) is 9.19. The van der Waals surface area contributed by atoms with Crippen molar-refractivity contribution in [3.05, 3.63) is 83.6 Å². The van der Waals surface area contributed by atoms with Gasteiger partial charge in [0, 0.05) is 18.2 Å². The Balaban J connectivity index is 1.86. The van der Waals surface area contributed by atoms with E-state index in [0.29, 0.717) is 27.7 Å². The number of anilines is 1. The van der Waals surface area contributed by atoms with Gasteiger partial charge in [-0.1, -0.05) is 18.2 Å². The highest BCUT2D eigenvalue weighted by Crippen LogP contribution is 2.28. The minimum atomic E-state index is -1.09. The number of ether oxygens (including phenoxy) is 1. The van der Waals surface area contributed by atoms with E-state index in [1.807, 2.05) is 0 Å². The molecule has 7 nitrogen and oxygen atoms in total. The fraction of sp³-hybridized carbons (Fsp3) is 0.0500. The van der Waals surface area contributed by atoms with Gasteiger partial charge in [-0.15, -0.1) is 0 Å². The molecule has 2 heterocycles. The number of hydrogen-bond acceptors (Lipinski definition) is 6. The zero-order valence-electron chi connectivity index (χ0n) is 15.6. The van der Waals surface area contributed by atoms with Crippen molar-refractivity contribution < 1.29 is 18.3 Å². The number of benzene rings is 1. The van der Waals surface area contributed by atoms with Gasteiger partial charge in [-0.25, -0.2) is 13.8 Å². The summed E-state index contributed by atoms with van der Waals surface area (Å²) in [7, 11) is 1.57. The van der Waals surface area contributed by atoms with Gasteiger partial charge in [0.1, 0.15) is 5.56 Å². The monoisotopic (exact) mass is 429 g/mol. The third kappa shape index (κ3) is 4.47. The van der Waals surface area contributed by atoms with E-state index in [9.17, 15) is 13.6 Å². The summed E-state index contributed by atoms with van der Waals surface area (Å²) in [6.07, 6.45) is 5.33. The Morgan fingerprint density at radius 1 is 1.20 bits per heavy atom. The normalized spacial score (nSPS) is 11.1. The molecule has 10 heteroatoms. The summed E-state index contributed by atoms with van der Waals surface area (Å²) < 4.78 is 32.6. The van der Waals surface area contributed by atoms with Crippen molar-refractivity contribution >= 4 is 29.2 Å². The number of halogens is 3. The van der Waals surface area contributed by atoms with Crippen LogP contribution in [0, 0.1) is 11.6 Å². The molecule has 1 aromatic carbocycles. The quantitative estimate of drug-likeness (QED) is 0.372. The summed E-state index contributed by atoms with van der Waals surface area (Å²) in [5, 5.41) is 2.69. The third-order valence-electron chi connectivity index (χ3n) is 3.86. The van der Waals surface area contributed by atoms with E-state index < -0.39 is 23.1 Å². The second-order valence-corrected chi connectivity index (χ2v) is 6.13. The maximum absolute atomic E-state index is 13.7. The number of carbonyl (C=O) groups excluding carboxylic acids is 1. The number of rotatable bonds is 5. The van der Waals surface area contributed by atoms with Crippen LogP contribution < -0.4 is 5.32 Å². The molecule has 30 heavy (non-hydrogen) atoms. The van der Waals surface area contributed by atoms with Crippen LogP contribution in [0.4, 0.5) is 14.6 Å². The maximum atomic E-state index is 13.7. The van der Waals surface area contributed by atoms with E-state index in [1.54, 1.807) is 25.2 Å². The second-order valence-electron chi connectivity index (χ2n) is 5.73. The minimum absolute atomic E-state index is 0.00237. The van der Waals surface area contributed by atoms with Crippen LogP contribution in [-0.4, -0.2) is 33.8 Å². The molecule has 3 rings (SSSR count). The molecule has 0 fully saturated rings. The molecular formula is C20H14ClF2N5O2. The zero-order valence-corrected chi connectivity index (χ0v) is 16.3. The first-order valence-electron chi connectivity index (χ1n) is 8.41. The molecule has 1 N–H and O–H groups in total. The van der Waals surface area contributed by atoms with Crippen molar-refractivity contribution in [1.82, 2.24) is 15.0 Å². The zero-order chi connectivity index (χ0) is 21.7. The Kier molecular flexibility index (Phi) is 6.43. The molecule has 0 saturated heterocycles. The minimum Gasteiger partial charge on any atom is -0.447 e. The number of amides is 1. The van der Waals surface area contributed by atoms with Gasteiger partial charge in [0.15, 0.2) is 17.5 Å². The number of nitrogens with zero attached hydrogens (tertiary/aromatic N) is 4. The van der Waals surface area contributed by atoms with Gasteiger partial charge in [-0.05, 0) is 18.2 Å². The first-order valence-corrected chi connectivity index (χ1v) is 8.79. The highest BCUT2D eigenvalue weighted by Gasteiger charge is 2.18. The van der Waals surface area contributed by atoms with Crippen LogP contribution in [0.1, 0.15) is 15.9 Å². The summed E-state index contributed by atoms with van der Waals surface area (Å²) in [6, 6.07) is 5.08. The van der Waals surface area contributed by atoms with Crippen molar-refractivity contribution in [1.29, 1.82) is 0 Å². The molecule has 152 valence electrons. The first-order chi connectivity index (χ1) is 14.4. The molecule has 0 bridgehead atoms. The lowest BCUT2D eigenvalue weighted by atomic mass is 10.1. The van der Waals surface area contributed by atoms with Gasteiger partial charge in [-0.2, -0.15) is 0 Å². The average molecular weight is 430 g/mol. The van der Waals surface area contributed by atoms with Gasteiger partial charge in [-0.3, -0.25) is 19.8 Å². The Bertz CT molecular complexity index is 1120. The van der Waals surface area contributed by atoms with Gasteiger partial charge in [0.2, 0.25) is 5.90 Å².